The molecule has 0 radical (unpaired) electrons. The molecule has 5 heteroatoms. The monoisotopic (exact) mass is 228 g/mol. The Morgan fingerprint density at radius 3 is 2.64 bits per heavy atom. The molecule has 84 valence electrons. The number of thioether (sulfide) groups is 1. The van der Waals surface area contributed by atoms with Crippen molar-refractivity contribution >= 4 is 11.8 Å². The van der Waals surface area contributed by atoms with Gasteiger partial charge in [-0.3, -0.25) is 0 Å². The first-order valence-electron chi connectivity index (χ1n) is 4.81. The molecule has 0 saturated carbocycles. The second-order valence-corrected chi connectivity index (χ2v) is 4.85. The molecule has 1 aliphatic rings. The van der Waals surface area contributed by atoms with Gasteiger partial charge in [-0.2, -0.15) is 24.9 Å². The van der Waals surface area contributed by atoms with Crippen molar-refractivity contribution in [1.82, 2.24) is 0 Å². The summed E-state index contributed by atoms with van der Waals surface area (Å²) in [5, 5.41) is 9.57. The first kappa shape index (κ1) is 12.2. The molecule has 1 saturated heterocycles. The van der Waals surface area contributed by atoms with E-state index in [0.29, 0.717) is 0 Å². The fraction of sp³-hybridized carbons (Fsp3) is 1.00. The van der Waals surface area contributed by atoms with Crippen molar-refractivity contribution in [3.05, 3.63) is 0 Å². The van der Waals surface area contributed by atoms with Crippen molar-refractivity contribution in [2.45, 2.75) is 38.0 Å². The zero-order chi connectivity index (χ0) is 10.6. The van der Waals surface area contributed by atoms with E-state index >= 15 is 0 Å². The maximum absolute atomic E-state index is 11.8. The smallest absolute Gasteiger partial charge is 0.389 e. The van der Waals surface area contributed by atoms with Crippen LogP contribution in [0.2, 0.25) is 0 Å². The Kier molecular flexibility index (Phi) is 4.57. The van der Waals surface area contributed by atoms with Gasteiger partial charge in [-0.1, -0.05) is 0 Å². The zero-order valence-corrected chi connectivity index (χ0v) is 8.70. The van der Waals surface area contributed by atoms with Crippen LogP contribution in [0.15, 0.2) is 0 Å². The van der Waals surface area contributed by atoms with Crippen LogP contribution in [0.4, 0.5) is 13.2 Å². The van der Waals surface area contributed by atoms with E-state index in [-0.39, 0.29) is 18.8 Å². The van der Waals surface area contributed by atoms with Gasteiger partial charge in [0.15, 0.2) is 0 Å². The van der Waals surface area contributed by atoms with Crippen LogP contribution in [-0.4, -0.2) is 28.9 Å². The molecule has 0 bridgehead atoms. The van der Waals surface area contributed by atoms with Gasteiger partial charge in [0.05, 0.1) is 6.10 Å². The molecular formula is C9H15F3OS. The van der Waals surface area contributed by atoms with Crippen molar-refractivity contribution in [2.75, 3.05) is 11.5 Å². The van der Waals surface area contributed by atoms with Gasteiger partial charge in [-0.15, -0.1) is 0 Å². The number of hydrogen-bond donors (Lipinski definition) is 1. The molecule has 1 nitrogen and oxygen atoms in total. The van der Waals surface area contributed by atoms with Gasteiger partial charge in [0.25, 0.3) is 0 Å². The lowest BCUT2D eigenvalue weighted by molar-refractivity contribution is -0.136. The van der Waals surface area contributed by atoms with Crippen LogP contribution >= 0.6 is 11.8 Å². The lowest BCUT2D eigenvalue weighted by Gasteiger charge is -2.17. The largest absolute Gasteiger partial charge is 0.393 e. The number of hydrogen-bond acceptors (Lipinski definition) is 2. The van der Waals surface area contributed by atoms with E-state index in [9.17, 15) is 18.3 Å². The molecule has 1 fully saturated rings. The molecular weight excluding hydrogens is 213 g/mol. The third kappa shape index (κ3) is 4.55. The highest BCUT2D eigenvalue weighted by Gasteiger charge is 2.28. The normalized spacial score (nSPS) is 25.3. The van der Waals surface area contributed by atoms with E-state index in [4.69, 9.17) is 0 Å². The van der Waals surface area contributed by atoms with Gasteiger partial charge in [-0.25, -0.2) is 0 Å². The average molecular weight is 228 g/mol. The minimum absolute atomic E-state index is 0.0475. The molecule has 2 atom stereocenters. The van der Waals surface area contributed by atoms with E-state index in [1.165, 1.54) is 0 Å². The van der Waals surface area contributed by atoms with Gasteiger partial charge < -0.3 is 5.11 Å². The van der Waals surface area contributed by atoms with Crippen molar-refractivity contribution < 1.29 is 18.3 Å². The minimum atomic E-state index is -4.08. The second kappa shape index (κ2) is 5.26. The van der Waals surface area contributed by atoms with Crippen LogP contribution < -0.4 is 0 Å². The minimum Gasteiger partial charge on any atom is -0.393 e. The summed E-state index contributed by atoms with van der Waals surface area (Å²) in [7, 11) is 0. The molecule has 1 heterocycles. The predicted octanol–water partition coefficient (Wildman–Crippen LogP) is 2.83. The fourth-order valence-electron chi connectivity index (χ4n) is 1.60. The van der Waals surface area contributed by atoms with E-state index in [2.05, 4.69) is 0 Å². The van der Waals surface area contributed by atoms with E-state index in [1.54, 1.807) is 11.8 Å². The number of rotatable bonds is 4. The lowest BCUT2D eigenvalue weighted by atomic mass is 9.97. The average Bonchev–Trinajstić information content (AvgIpc) is 2.53. The predicted molar refractivity (Wildman–Crippen MR) is 51.3 cm³/mol. The summed E-state index contributed by atoms with van der Waals surface area (Å²) in [6.45, 7) is 0. The lowest BCUT2D eigenvalue weighted by Crippen LogP contribution is -2.20. The Labute approximate surface area is 86.1 Å². The van der Waals surface area contributed by atoms with Gasteiger partial charge in [0, 0.05) is 6.42 Å². The number of alkyl halides is 3. The molecule has 0 aromatic heterocycles. The van der Waals surface area contributed by atoms with Crippen molar-refractivity contribution in [3.63, 3.8) is 0 Å². The number of aliphatic hydroxyl groups is 1. The van der Waals surface area contributed by atoms with Gasteiger partial charge in [0.1, 0.15) is 0 Å². The summed E-state index contributed by atoms with van der Waals surface area (Å²) < 4.78 is 35.4. The Hall–Kier alpha value is 0.100. The molecule has 0 aromatic rings. The highest BCUT2D eigenvalue weighted by molar-refractivity contribution is 7.99. The topological polar surface area (TPSA) is 20.2 Å². The molecule has 2 unspecified atom stereocenters. The summed E-state index contributed by atoms with van der Waals surface area (Å²) in [4.78, 5) is 0. The molecule has 1 rings (SSSR count). The third-order valence-electron chi connectivity index (χ3n) is 2.47. The highest BCUT2D eigenvalue weighted by atomic mass is 32.2. The van der Waals surface area contributed by atoms with E-state index in [0.717, 1.165) is 17.9 Å². The third-order valence-corrected chi connectivity index (χ3v) is 3.66. The summed E-state index contributed by atoms with van der Waals surface area (Å²) >= 11 is 1.77. The number of halogens is 3. The summed E-state index contributed by atoms with van der Waals surface area (Å²) in [6.07, 6.45) is -4.12. The maximum atomic E-state index is 11.8. The van der Waals surface area contributed by atoms with Crippen LogP contribution in [0.5, 0.6) is 0 Å². The molecule has 0 spiro atoms. The van der Waals surface area contributed by atoms with Gasteiger partial charge in [0.2, 0.25) is 0 Å². The maximum Gasteiger partial charge on any atom is 0.389 e. The first-order valence-corrected chi connectivity index (χ1v) is 5.97. The molecule has 1 N–H and O–H groups in total. The molecule has 1 aliphatic heterocycles. The summed E-state index contributed by atoms with van der Waals surface area (Å²) in [5.41, 5.74) is 0. The highest BCUT2D eigenvalue weighted by Crippen LogP contribution is 2.29. The summed E-state index contributed by atoms with van der Waals surface area (Å²) in [6, 6.07) is 0. The summed E-state index contributed by atoms with van der Waals surface area (Å²) in [5.74, 6) is 2.14. The molecule has 0 amide bonds. The Morgan fingerprint density at radius 1 is 1.43 bits per heavy atom. The van der Waals surface area contributed by atoms with Crippen molar-refractivity contribution in [2.24, 2.45) is 5.92 Å². The van der Waals surface area contributed by atoms with Crippen LogP contribution in [-0.2, 0) is 0 Å². The molecule has 14 heavy (non-hydrogen) atoms. The van der Waals surface area contributed by atoms with Crippen LogP contribution in [0.3, 0.4) is 0 Å². The van der Waals surface area contributed by atoms with Gasteiger partial charge in [-0.05, 0) is 36.7 Å². The van der Waals surface area contributed by atoms with Crippen LogP contribution in [0, 0.1) is 5.92 Å². The first-order chi connectivity index (χ1) is 6.49. The van der Waals surface area contributed by atoms with Crippen LogP contribution in [0.1, 0.15) is 25.7 Å². The van der Waals surface area contributed by atoms with Gasteiger partial charge >= 0.3 is 6.18 Å². The van der Waals surface area contributed by atoms with Crippen molar-refractivity contribution in [1.29, 1.82) is 0 Å². The fourth-order valence-corrected chi connectivity index (χ4v) is 2.93. The molecule has 0 aromatic carbocycles. The van der Waals surface area contributed by atoms with E-state index in [1.807, 2.05) is 0 Å². The molecule has 0 aliphatic carbocycles. The van der Waals surface area contributed by atoms with Crippen molar-refractivity contribution in [3.8, 4) is 0 Å². The SMILES string of the molecule is OC(CCCC(F)(F)F)C1CCSC1. The zero-order valence-electron chi connectivity index (χ0n) is 7.89. The Morgan fingerprint density at radius 2 is 2.14 bits per heavy atom. The van der Waals surface area contributed by atoms with E-state index < -0.39 is 18.7 Å². The van der Waals surface area contributed by atoms with Crippen LogP contribution in [0.25, 0.3) is 0 Å². The Balaban J connectivity index is 2.11. The quantitative estimate of drug-likeness (QED) is 0.798. The second-order valence-electron chi connectivity index (χ2n) is 3.70. The number of aliphatic hydroxyl groups excluding tert-OH is 1. The Bertz CT molecular complexity index is 166. The standard InChI is InChI=1S/C9H15F3OS/c10-9(11,12)4-1-2-8(13)7-3-5-14-6-7/h7-8,13H,1-6H2.